The van der Waals surface area contributed by atoms with Gasteiger partial charge < -0.3 is 10.6 Å². The van der Waals surface area contributed by atoms with Gasteiger partial charge in [0.2, 0.25) is 0 Å². The molecule has 1 rings (SSSR count). The van der Waals surface area contributed by atoms with Gasteiger partial charge in [-0.3, -0.25) is 0 Å². The summed E-state index contributed by atoms with van der Waals surface area (Å²) in [5, 5.41) is 6.55. The van der Waals surface area contributed by atoms with E-state index in [4.69, 9.17) is 0 Å². The fourth-order valence-corrected chi connectivity index (χ4v) is 2.38. The van der Waals surface area contributed by atoms with Crippen LogP contribution in [0.1, 0.15) is 39.0 Å². The van der Waals surface area contributed by atoms with Crippen molar-refractivity contribution in [2.24, 2.45) is 5.41 Å². The fraction of sp³-hybridized carbons (Fsp3) is 1.00. The van der Waals surface area contributed by atoms with Crippen molar-refractivity contribution in [2.45, 2.75) is 45.2 Å². The first-order chi connectivity index (χ1) is 7.97. The lowest BCUT2D eigenvalue weighted by atomic mass is 9.78. The van der Waals surface area contributed by atoms with Gasteiger partial charge in [-0.1, -0.05) is 6.92 Å². The molecule has 2 N–H and O–H groups in total. The average molecular weight is 252 g/mol. The molecular weight excluding hydrogens is 229 g/mol. The Balaban J connectivity index is 2.15. The summed E-state index contributed by atoms with van der Waals surface area (Å²) in [5.74, 6) is 0. The normalized spacial score (nSPS) is 26.1. The maximum absolute atomic E-state index is 11.9. The first-order valence-electron chi connectivity index (χ1n) is 6.46. The van der Waals surface area contributed by atoms with Crippen molar-refractivity contribution in [3.05, 3.63) is 0 Å². The molecule has 1 unspecified atom stereocenters. The summed E-state index contributed by atoms with van der Waals surface area (Å²) in [6.07, 6.45) is -1.11. The molecule has 1 aliphatic rings. The van der Waals surface area contributed by atoms with Gasteiger partial charge in [-0.25, -0.2) is 0 Å². The molecule has 0 aliphatic carbocycles. The molecule has 1 fully saturated rings. The molecule has 0 aromatic carbocycles. The highest BCUT2D eigenvalue weighted by atomic mass is 19.4. The minimum Gasteiger partial charge on any atom is -0.316 e. The van der Waals surface area contributed by atoms with Crippen LogP contribution in [0, 0.1) is 5.41 Å². The lowest BCUT2D eigenvalue weighted by Crippen LogP contribution is -2.46. The first kappa shape index (κ1) is 14.8. The Hall–Kier alpha value is -0.290. The van der Waals surface area contributed by atoms with Crippen molar-refractivity contribution in [2.75, 3.05) is 26.2 Å². The lowest BCUT2D eigenvalue weighted by molar-refractivity contribution is -0.135. The molecule has 0 amide bonds. The third kappa shape index (κ3) is 5.73. The number of rotatable bonds is 6. The summed E-state index contributed by atoms with van der Waals surface area (Å²) < 4.78 is 35.8. The Morgan fingerprint density at radius 2 is 2.12 bits per heavy atom. The Morgan fingerprint density at radius 3 is 2.65 bits per heavy atom. The Kier molecular flexibility index (Phi) is 5.73. The molecular formula is C12H23F3N2. The molecule has 0 bridgehead atoms. The summed E-state index contributed by atoms with van der Waals surface area (Å²) >= 11 is 0. The standard InChI is InChI=1S/C12H23F3N2/c1-2-11(5-3-7-16-9-11)10-17-8-4-6-12(13,14)15/h16-17H,2-10H2,1H3. The number of hydrogen-bond acceptors (Lipinski definition) is 2. The fourth-order valence-electron chi connectivity index (χ4n) is 2.38. The summed E-state index contributed by atoms with van der Waals surface area (Å²) in [6.45, 7) is 5.49. The largest absolute Gasteiger partial charge is 0.389 e. The van der Waals surface area contributed by atoms with E-state index in [2.05, 4.69) is 17.6 Å². The van der Waals surface area contributed by atoms with Crippen LogP contribution in [0.4, 0.5) is 13.2 Å². The molecule has 1 atom stereocenters. The minimum atomic E-state index is -4.02. The van der Waals surface area contributed by atoms with Gasteiger partial charge in [0.25, 0.3) is 0 Å². The van der Waals surface area contributed by atoms with E-state index in [1.54, 1.807) is 0 Å². The van der Waals surface area contributed by atoms with E-state index in [0.29, 0.717) is 6.54 Å². The van der Waals surface area contributed by atoms with Crippen molar-refractivity contribution in [1.82, 2.24) is 10.6 Å². The van der Waals surface area contributed by atoms with E-state index in [0.717, 1.165) is 32.5 Å². The van der Waals surface area contributed by atoms with Crippen LogP contribution in [-0.4, -0.2) is 32.4 Å². The predicted octanol–water partition coefficient (Wildman–Crippen LogP) is 2.70. The van der Waals surface area contributed by atoms with Crippen molar-refractivity contribution < 1.29 is 13.2 Å². The van der Waals surface area contributed by atoms with Crippen LogP contribution in [-0.2, 0) is 0 Å². The van der Waals surface area contributed by atoms with E-state index in [9.17, 15) is 13.2 Å². The molecule has 0 aromatic heterocycles. The highest BCUT2D eigenvalue weighted by Crippen LogP contribution is 2.29. The van der Waals surface area contributed by atoms with Crippen molar-refractivity contribution in [1.29, 1.82) is 0 Å². The van der Waals surface area contributed by atoms with Gasteiger partial charge >= 0.3 is 6.18 Å². The number of hydrogen-bond donors (Lipinski definition) is 2. The van der Waals surface area contributed by atoms with Crippen LogP contribution in [0.5, 0.6) is 0 Å². The molecule has 0 spiro atoms. The van der Waals surface area contributed by atoms with Crippen LogP contribution in [0.3, 0.4) is 0 Å². The molecule has 17 heavy (non-hydrogen) atoms. The summed E-state index contributed by atoms with van der Waals surface area (Å²) in [5.41, 5.74) is 0.247. The predicted molar refractivity (Wildman–Crippen MR) is 63.0 cm³/mol. The minimum absolute atomic E-state index is 0.177. The monoisotopic (exact) mass is 252 g/mol. The van der Waals surface area contributed by atoms with Gasteiger partial charge in [-0.2, -0.15) is 13.2 Å². The zero-order chi connectivity index (χ0) is 12.8. The zero-order valence-corrected chi connectivity index (χ0v) is 10.5. The van der Waals surface area contributed by atoms with Gasteiger partial charge in [-0.05, 0) is 44.2 Å². The number of alkyl halides is 3. The molecule has 0 saturated carbocycles. The Morgan fingerprint density at radius 1 is 1.35 bits per heavy atom. The molecule has 102 valence electrons. The van der Waals surface area contributed by atoms with Crippen LogP contribution < -0.4 is 10.6 Å². The first-order valence-corrected chi connectivity index (χ1v) is 6.46. The SMILES string of the molecule is CCC1(CNCCCC(F)(F)F)CCCNC1. The Labute approximate surface area is 101 Å². The molecule has 0 radical (unpaired) electrons. The topological polar surface area (TPSA) is 24.1 Å². The van der Waals surface area contributed by atoms with Gasteiger partial charge in [0.15, 0.2) is 0 Å². The maximum Gasteiger partial charge on any atom is 0.389 e. The molecule has 1 heterocycles. The van der Waals surface area contributed by atoms with E-state index in [1.807, 2.05) is 0 Å². The molecule has 5 heteroatoms. The molecule has 2 nitrogen and oxygen atoms in total. The average Bonchev–Trinajstić information content (AvgIpc) is 2.28. The highest BCUT2D eigenvalue weighted by Gasteiger charge is 2.30. The summed E-state index contributed by atoms with van der Waals surface area (Å²) in [7, 11) is 0. The van der Waals surface area contributed by atoms with Crippen molar-refractivity contribution >= 4 is 0 Å². The zero-order valence-electron chi connectivity index (χ0n) is 10.5. The van der Waals surface area contributed by atoms with Gasteiger partial charge in [0.05, 0.1) is 0 Å². The van der Waals surface area contributed by atoms with Gasteiger partial charge in [0, 0.05) is 19.5 Å². The van der Waals surface area contributed by atoms with Crippen LogP contribution in [0.2, 0.25) is 0 Å². The Bertz CT molecular complexity index is 210. The van der Waals surface area contributed by atoms with Gasteiger partial charge in [0.1, 0.15) is 0 Å². The second-order valence-corrected chi connectivity index (χ2v) is 5.03. The van der Waals surface area contributed by atoms with Crippen LogP contribution in [0.15, 0.2) is 0 Å². The van der Waals surface area contributed by atoms with E-state index < -0.39 is 12.6 Å². The third-order valence-corrected chi connectivity index (χ3v) is 3.62. The van der Waals surface area contributed by atoms with Crippen LogP contribution >= 0.6 is 0 Å². The number of nitrogens with one attached hydrogen (secondary N) is 2. The molecule has 0 aromatic rings. The van der Waals surface area contributed by atoms with E-state index >= 15 is 0 Å². The lowest BCUT2D eigenvalue weighted by Gasteiger charge is -2.37. The summed E-state index contributed by atoms with van der Waals surface area (Å²) in [4.78, 5) is 0. The van der Waals surface area contributed by atoms with Gasteiger partial charge in [-0.15, -0.1) is 0 Å². The smallest absolute Gasteiger partial charge is 0.316 e. The highest BCUT2D eigenvalue weighted by molar-refractivity contribution is 4.86. The van der Waals surface area contributed by atoms with Crippen LogP contribution in [0.25, 0.3) is 0 Å². The summed E-state index contributed by atoms with van der Waals surface area (Å²) in [6, 6.07) is 0. The maximum atomic E-state index is 11.9. The molecule has 1 aliphatic heterocycles. The quantitative estimate of drug-likeness (QED) is 0.710. The number of halogens is 3. The third-order valence-electron chi connectivity index (χ3n) is 3.62. The molecule has 1 saturated heterocycles. The second-order valence-electron chi connectivity index (χ2n) is 5.03. The van der Waals surface area contributed by atoms with Crippen molar-refractivity contribution in [3.8, 4) is 0 Å². The second kappa shape index (κ2) is 6.59. The van der Waals surface area contributed by atoms with Crippen molar-refractivity contribution in [3.63, 3.8) is 0 Å². The van der Waals surface area contributed by atoms with E-state index in [1.165, 1.54) is 6.42 Å². The number of piperidine rings is 1. The van der Waals surface area contributed by atoms with E-state index in [-0.39, 0.29) is 11.8 Å².